The molecule has 0 fully saturated rings. The van der Waals surface area contributed by atoms with Crippen molar-refractivity contribution in [2.75, 3.05) is 18.6 Å². The molecular formula is C19H12ClN3O5S. The van der Waals surface area contributed by atoms with E-state index in [1.807, 2.05) is 30.3 Å². The molecule has 0 spiro atoms. The Kier molecular flexibility index (Phi) is 5.87. The van der Waals surface area contributed by atoms with Gasteiger partial charge in [0.25, 0.3) is 5.69 Å². The van der Waals surface area contributed by atoms with Gasteiger partial charge in [-0.3, -0.25) is 14.9 Å². The first-order valence-corrected chi connectivity index (χ1v) is 9.32. The molecule has 0 aromatic heterocycles. The van der Waals surface area contributed by atoms with Crippen LogP contribution in [0.4, 0.5) is 11.4 Å². The number of thioether (sulfide) groups is 1. The molecule has 3 rings (SSSR count). The molecule has 1 aliphatic heterocycles. The molecule has 0 radical (unpaired) electrons. The largest absolute Gasteiger partial charge is 0.454 e. The predicted molar refractivity (Wildman–Crippen MR) is 107 cm³/mol. The van der Waals surface area contributed by atoms with E-state index in [-0.39, 0.29) is 21.8 Å². The van der Waals surface area contributed by atoms with Crippen LogP contribution in [0.2, 0.25) is 5.02 Å². The summed E-state index contributed by atoms with van der Waals surface area (Å²) in [6.07, 6.45) is 0. The molecule has 0 saturated carbocycles. The topological polar surface area (TPSA) is 114 Å². The lowest BCUT2D eigenvalue weighted by atomic mass is 10.2. The van der Waals surface area contributed by atoms with Crippen molar-refractivity contribution < 1.29 is 19.2 Å². The second-order valence-electron chi connectivity index (χ2n) is 5.84. The molecule has 1 heterocycles. The van der Waals surface area contributed by atoms with Crippen LogP contribution in [-0.4, -0.2) is 30.3 Å². The van der Waals surface area contributed by atoms with Gasteiger partial charge in [0.1, 0.15) is 16.7 Å². The zero-order chi connectivity index (χ0) is 21.1. The Hall–Kier alpha value is -3.35. The SMILES string of the molecule is CN1/C(=C(\C#N)C(=O)COC(=O)c2cc([N+](=O)[O-])ccc2Cl)Sc2ccccc21. The van der Waals surface area contributed by atoms with Crippen LogP contribution in [0.3, 0.4) is 0 Å². The van der Waals surface area contributed by atoms with Gasteiger partial charge in [0, 0.05) is 24.1 Å². The summed E-state index contributed by atoms with van der Waals surface area (Å²) in [5, 5.41) is 20.7. The average molecular weight is 430 g/mol. The fourth-order valence-corrected chi connectivity index (χ4v) is 3.97. The predicted octanol–water partition coefficient (Wildman–Crippen LogP) is 3.95. The number of rotatable bonds is 5. The lowest BCUT2D eigenvalue weighted by Crippen LogP contribution is -2.20. The van der Waals surface area contributed by atoms with Crippen molar-refractivity contribution in [1.82, 2.24) is 0 Å². The molecule has 1 aliphatic rings. The van der Waals surface area contributed by atoms with Gasteiger partial charge in [0.05, 0.1) is 21.2 Å². The molecule has 2 aromatic rings. The van der Waals surface area contributed by atoms with Crippen molar-refractivity contribution in [1.29, 1.82) is 5.26 Å². The van der Waals surface area contributed by atoms with Crippen molar-refractivity contribution >= 4 is 46.5 Å². The maximum Gasteiger partial charge on any atom is 0.340 e. The Balaban J connectivity index is 1.77. The van der Waals surface area contributed by atoms with Crippen molar-refractivity contribution in [3.63, 3.8) is 0 Å². The fraction of sp³-hybridized carbons (Fsp3) is 0.105. The number of benzene rings is 2. The molecule has 8 nitrogen and oxygen atoms in total. The number of fused-ring (bicyclic) bond motifs is 1. The van der Waals surface area contributed by atoms with E-state index in [0.717, 1.165) is 22.7 Å². The highest BCUT2D eigenvalue weighted by atomic mass is 35.5. The molecule has 146 valence electrons. The number of carbonyl (C=O) groups excluding carboxylic acids is 2. The number of ketones is 1. The van der Waals surface area contributed by atoms with E-state index in [2.05, 4.69) is 0 Å². The highest BCUT2D eigenvalue weighted by Gasteiger charge is 2.28. The van der Waals surface area contributed by atoms with Gasteiger partial charge >= 0.3 is 5.97 Å². The normalized spacial score (nSPS) is 14.0. The number of nitro groups is 1. The number of ether oxygens (including phenoxy) is 1. The molecule has 0 atom stereocenters. The smallest absolute Gasteiger partial charge is 0.340 e. The number of para-hydroxylation sites is 1. The van der Waals surface area contributed by atoms with Crippen LogP contribution in [0.5, 0.6) is 0 Å². The number of hydrogen-bond acceptors (Lipinski definition) is 8. The van der Waals surface area contributed by atoms with Crippen LogP contribution in [-0.2, 0) is 9.53 Å². The summed E-state index contributed by atoms with van der Waals surface area (Å²) in [4.78, 5) is 37.5. The number of nitrogens with zero attached hydrogens (tertiary/aromatic N) is 3. The van der Waals surface area contributed by atoms with Gasteiger partial charge in [0.15, 0.2) is 6.61 Å². The standard InChI is InChI=1S/C19H12ClN3O5S/c1-22-15-4-2-3-5-17(15)29-18(22)13(9-21)16(24)10-28-19(25)12-8-11(23(26)27)6-7-14(12)20/h2-8H,10H2,1H3/b18-13-. The number of nitriles is 1. The minimum Gasteiger partial charge on any atom is -0.454 e. The first-order chi connectivity index (χ1) is 13.8. The highest BCUT2D eigenvalue weighted by molar-refractivity contribution is 8.03. The summed E-state index contributed by atoms with van der Waals surface area (Å²) in [6, 6.07) is 12.6. The number of nitro benzene ring substituents is 1. The molecular weight excluding hydrogens is 418 g/mol. The minimum absolute atomic E-state index is 0.0477. The van der Waals surface area contributed by atoms with E-state index < -0.39 is 23.3 Å². The lowest BCUT2D eigenvalue weighted by molar-refractivity contribution is -0.384. The molecule has 10 heteroatoms. The number of halogens is 1. The van der Waals surface area contributed by atoms with Crippen molar-refractivity contribution in [3.05, 3.63) is 73.8 Å². The van der Waals surface area contributed by atoms with Crippen molar-refractivity contribution in [3.8, 4) is 6.07 Å². The molecule has 2 aromatic carbocycles. The van der Waals surface area contributed by atoms with Crippen molar-refractivity contribution in [2.45, 2.75) is 4.90 Å². The van der Waals surface area contributed by atoms with Gasteiger partial charge in [-0.25, -0.2) is 4.79 Å². The van der Waals surface area contributed by atoms with E-state index >= 15 is 0 Å². The summed E-state index contributed by atoms with van der Waals surface area (Å²) in [6.45, 7) is -0.699. The van der Waals surface area contributed by atoms with E-state index in [9.17, 15) is 25.0 Å². The second kappa shape index (κ2) is 8.34. The Morgan fingerprint density at radius 1 is 1.31 bits per heavy atom. The molecule has 0 amide bonds. The van der Waals surface area contributed by atoms with E-state index in [1.165, 1.54) is 17.8 Å². The fourth-order valence-electron chi connectivity index (χ4n) is 2.62. The first-order valence-electron chi connectivity index (χ1n) is 8.12. The van der Waals surface area contributed by atoms with Gasteiger partial charge in [-0.1, -0.05) is 35.5 Å². The number of carbonyl (C=O) groups is 2. The molecule has 0 aliphatic carbocycles. The zero-order valence-electron chi connectivity index (χ0n) is 14.9. The van der Waals surface area contributed by atoms with Gasteiger partial charge in [-0.05, 0) is 18.2 Å². The quantitative estimate of drug-likeness (QED) is 0.231. The van der Waals surface area contributed by atoms with Crippen LogP contribution in [0.15, 0.2) is 58.0 Å². The maximum absolute atomic E-state index is 12.5. The van der Waals surface area contributed by atoms with Crippen LogP contribution in [0, 0.1) is 21.4 Å². The van der Waals surface area contributed by atoms with Gasteiger partial charge < -0.3 is 9.64 Å². The molecule has 29 heavy (non-hydrogen) atoms. The third kappa shape index (κ3) is 4.08. The molecule has 0 bridgehead atoms. The van der Waals surface area contributed by atoms with Crippen LogP contribution in [0.25, 0.3) is 0 Å². The number of non-ortho nitro benzene ring substituents is 1. The average Bonchev–Trinajstić information content (AvgIpc) is 3.03. The van der Waals surface area contributed by atoms with E-state index in [0.29, 0.717) is 5.03 Å². The Morgan fingerprint density at radius 2 is 2.03 bits per heavy atom. The summed E-state index contributed by atoms with van der Waals surface area (Å²) < 4.78 is 4.95. The number of hydrogen-bond donors (Lipinski definition) is 0. The Labute approximate surface area is 174 Å². The van der Waals surface area contributed by atoms with Gasteiger partial charge in [-0.2, -0.15) is 5.26 Å². The van der Waals surface area contributed by atoms with Crippen LogP contribution >= 0.6 is 23.4 Å². The van der Waals surface area contributed by atoms with Crippen LogP contribution < -0.4 is 4.90 Å². The highest BCUT2D eigenvalue weighted by Crippen LogP contribution is 2.46. The summed E-state index contributed by atoms with van der Waals surface area (Å²) >= 11 is 7.16. The Bertz CT molecular complexity index is 1110. The lowest BCUT2D eigenvalue weighted by Gasteiger charge is -2.14. The van der Waals surface area contributed by atoms with Gasteiger partial charge in [0.2, 0.25) is 5.78 Å². The third-order valence-electron chi connectivity index (χ3n) is 4.06. The second-order valence-corrected chi connectivity index (χ2v) is 7.28. The molecule has 0 unspecified atom stereocenters. The first kappa shape index (κ1) is 20.4. The van der Waals surface area contributed by atoms with Crippen LogP contribution in [0.1, 0.15) is 10.4 Å². The zero-order valence-corrected chi connectivity index (χ0v) is 16.5. The summed E-state index contributed by atoms with van der Waals surface area (Å²) in [5.74, 6) is -1.69. The van der Waals surface area contributed by atoms with Gasteiger partial charge in [-0.15, -0.1) is 0 Å². The monoisotopic (exact) mass is 429 g/mol. The molecule has 0 N–H and O–H groups in total. The summed E-state index contributed by atoms with van der Waals surface area (Å²) in [5.41, 5.74) is 0.133. The molecule has 0 saturated heterocycles. The maximum atomic E-state index is 12.5. The minimum atomic E-state index is -0.995. The van der Waals surface area contributed by atoms with Crippen molar-refractivity contribution in [2.24, 2.45) is 0 Å². The number of Topliss-reactive ketones (excluding diaryl/α,β-unsaturated/α-hetero) is 1. The van der Waals surface area contributed by atoms with E-state index in [4.69, 9.17) is 16.3 Å². The number of anilines is 1. The Morgan fingerprint density at radius 3 is 2.69 bits per heavy atom. The third-order valence-corrected chi connectivity index (χ3v) is 5.62. The number of esters is 1. The summed E-state index contributed by atoms with van der Waals surface area (Å²) in [7, 11) is 1.73. The van der Waals surface area contributed by atoms with E-state index in [1.54, 1.807) is 11.9 Å².